The first kappa shape index (κ1) is 25.1. The number of ketones is 3. The molecule has 0 aromatic heterocycles. The molecule has 1 heterocycles. The maximum Gasteiger partial charge on any atom is 0.198 e. The Morgan fingerprint density at radius 1 is 1.08 bits per heavy atom. The van der Waals surface area contributed by atoms with Gasteiger partial charge in [0.1, 0.15) is 17.5 Å². The topological polar surface area (TPSA) is 162 Å². The highest BCUT2D eigenvalue weighted by Crippen LogP contribution is 2.54. The van der Waals surface area contributed by atoms with Crippen molar-refractivity contribution in [3.05, 3.63) is 62.6 Å². The predicted molar refractivity (Wildman–Crippen MR) is 129 cm³/mol. The van der Waals surface area contributed by atoms with Crippen molar-refractivity contribution in [2.24, 2.45) is 0 Å². The van der Waals surface area contributed by atoms with Gasteiger partial charge in [-0.05, 0) is 38.3 Å². The van der Waals surface area contributed by atoms with E-state index >= 15 is 0 Å². The van der Waals surface area contributed by atoms with Gasteiger partial charge in [-0.1, -0.05) is 11.6 Å². The Labute approximate surface area is 210 Å². The number of aliphatic hydroxyl groups is 4. The van der Waals surface area contributed by atoms with E-state index < -0.39 is 64.3 Å². The number of phenols is 1. The molecule has 10 heteroatoms. The molecule has 1 fully saturated rings. The predicted octanol–water partition coefficient (Wildman–Crippen LogP) is 1.28. The van der Waals surface area contributed by atoms with Gasteiger partial charge in [0, 0.05) is 34.4 Å². The van der Waals surface area contributed by atoms with Crippen molar-refractivity contribution in [2.45, 2.75) is 62.3 Å². The molecule has 1 aromatic carbocycles. The van der Waals surface area contributed by atoms with Crippen molar-refractivity contribution in [3.8, 4) is 5.75 Å². The van der Waals surface area contributed by atoms with Crippen molar-refractivity contribution < 1.29 is 44.7 Å². The van der Waals surface area contributed by atoms with Gasteiger partial charge in [0.05, 0.1) is 29.4 Å². The Morgan fingerprint density at radius 3 is 2.42 bits per heavy atom. The molecule has 1 saturated heterocycles. The third kappa shape index (κ3) is 3.12. The number of hydrogen-bond donors (Lipinski definition) is 5. The summed E-state index contributed by atoms with van der Waals surface area (Å²) in [6, 6.07) is 2.67. The summed E-state index contributed by atoms with van der Waals surface area (Å²) < 4.78 is 5.74. The molecule has 0 saturated carbocycles. The summed E-state index contributed by atoms with van der Waals surface area (Å²) in [4.78, 5) is 40.7. The minimum atomic E-state index is -2.67. The third-order valence-corrected chi connectivity index (χ3v) is 8.51. The molecule has 4 aliphatic rings. The number of phenolic OH excluding ortho intramolecular Hbond substituents is 1. The molecule has 1 aliphatic heterocycles. The first-order valence-electron chi connectivity index (χ1n) is 11.5. The van der Waals surface area contributed by atoms with Crippen LogP contribution in [0.25, 0.3) is 0 Å². The fraction of sp³-hybridized carbons (Fsp3) is 0.423. The fourth-order valence-electron chi connectivity index (χ4n) is 5.74. The van der Waals surface area contributed by atoms with E-state index in [4.69, 9.17) is 4.74 Å². The van der Waals surface area contributed by atoms with Gasteiger partial charge in [-0.15, -0.1) is 11.8 Å². The van der Waals surface area contributed by atoms with Gasteiger partial charge in [-0.2, -0.15) is 0 Å². The molecule has 1 aromatic rings. The molecule has 3 aliphatic carbocycles. The number of aromatic hydroxyl groups is 1. The van der Waals surface area contributed by atoms with Crippen LogP contribution in [0.15, 0.2) is 45.9 Å². The second-order valence-corrected chi connectivity index (χ2v) is 10.7. The quantitative estimate of drug-likeness (QED) is 0.389. The molecule has 0 radical (unpaired) electrons. The molecule has 190 valence electrons. The van der Waals surface area contributed by atoms with Gasteiger partial charge < -0.3 is 30.3 Å². The van der Waals surface area contributed by atoms with Crippen LogP contribution >= 0.6 is 11.8 Å². The molecule has 36 heavy (non-hydrogen) atoms. The highest BCUT2D eigenvalue weighted by molar-refractivity contribution is 8.02. The lowest BCUT2D eigenvalue weighted by molar-refractivity contribution is -0.163. The number of hydrogen-bond acceptors (Lipinski definition) is 10. The average Bonchev–Trinajstić information content (AvgIpc) is 2.81. The molecule has 0 bridgehead atoms. The Hall–Kier alpha value is -2.60. The second kappa shape index (κ2) is 8.20. The van der Waals surface area contributed by atoms with Crippen molar-refractivity contribution in [2.75, 3.05) is 6.26 Å². The van der Waals surface area contributed by atoms with Crippen molar-refractivity contribution in [1.82, 2.24) is 0 Å². The lowest BCUT2D eigenvalue weighted by Gasteiger charge is -2.49. The van der Waals surface area contributed by atoms with E-state index in [1.807, 2.05) is 0 Å². The van der Waals surface area contributed by atoms with Gasteiger partial charge in [-0.3, -0.25) is 14.4 Å². The van der Waals surface area contributed by atoms with E-state index in [1.54, 1.807) is 20.1 Å². The van der Waals surface area contributed by atoms with E-state index in [0.29, 0.717) is 5.57 Å². The average molecular weight is 515 g/mol. The van der Waals surface area contributed by atoms with Crippen molar-refractivity contribution in [3.63, 3.8) is 0 Å². The molecular formula is C26H26O9S. The first-order chi connectivity index (χ1) is 16.9. The summed E-state index contributed by atoms with van der Waals surface area (Å²) in [5, 5.41) is 54.6. The standard InChI is InChI=1S/C26H26O9S/c1-10-6-17(28)26(34)20-14(7-18(36-3)25(26,33)9-10)23(31)19-13(24(20)32)5-4-12(22(19)30)16-8-15(27)21(29)11(2)35-16/h4-7,11,15-16,21,27,29-30,33-34H,8-9H2,1-3H3/t11-,15-,16-,21-,25-,26+/m1/s1. The van der Waals surface area contributed by atoms with Gasteiger partial charge in [0.2, 0.25) is 0 Å². The molecular weight excluding hydrogens is 488 g/mol. The number of carbonyl (C=O) groups excluding carboxylic acids is 3. The van der Waals surface area contributed by atoms with Crippen LogP contribution in [0.3, 0.4) is 0 Å². The maximum atomic E-state index is 13.7. The van der Waals surface area contributed by atoms with Crippen molar-refractivity contribution in [1.29, 1.82) is 0 Å². The Kier molecular flexibility index (Phi) is 5.71. The van der Waals surface area contributed by atoms with E-state index in [0.717, 1.165) is 17.8 Å². The Morgan fingerprint density at radius 2 is 1.78 bits per heavy atom. The molecule has 0 amide bonds. The van der Waals surface area contributed by atoms with Gasteiger partial charge in [0.25, 0.3) is 0 Å². The molecule has 0 unspecified atom stereocenters. The number of benzene rings is 1. The molecule has 5 rings (SSSR count). The lowest BCUT2D eigenvalue weighted by atomic mass is 9.60. The smallest absolute Gasteiger partial charge is 0.198 e. The van der Waals surface area contributed by atoms with E-state index in [-0.39, 0.29) is 40.0 Å². The van der Waals surface area contributed by atoms with Gasteiger partial charge >= 0.3 is 0 Å². The van der Waals surface area contributed by atoms with Crippen LogP contribution < -0.4 is 0 Å². The van der Waals surface area contributed by atoms with E-state index in [1.165, 1.54) is 18.2 Å². The van der Waals surface area contributed by atoms with Crippen LogP contribution in [0.4, 0.5) is 0 Å². The monoisotopic (exact) mass is 514 g/mol. The van der Waals surface area contributed by atoms with Crippen LogP contribution in [0.2, 0.25) is 0 Å². The lowest BCUT2D eigenvalue weighted by Crippen LogP contribution is -2.65. The highest BCUT2D eigenvalue weighted by atomic mass is 32.2. The van der Waals surface area contributed by atoms with Crippen LogP contribution in [-0.4, -0.2) is 78.7 Å². The summed E-state index contributed by atoms with van der Waals surface area (Å²) in [6.45, 7) is 3.20. The summed E-state index contributed by atoms with van der Waals surface area (Å²) >= 11 is 1.04. The van der Waals surface area contributed by atoms with Gasteiger partial charge in [0.15, 0.2) is 23.0 Å². The van der Waals surface area contributed by atoms with Crippen LogP contribution in [0.5, 0.6) is 5.75 Å². The van der Waals surface area contributed by atoms with E-state index in [2.05, 4.69) is 0 Å². The number of ether oxygens (including phenoxy) is 1. The SMILES string of the molecule is CSC1=CC2=C(C(=O)c3ccc([C@H]4C[C@@H](O)[C@H](O)[C@@H](C)O4)c(O)c3C2=O)[C@@]2(O)C(=O)C=C(C)C[C@@]12O. The molecule has 0 spiro atoms. The molecule has 9 nitrogen and oxygen atoms in total. The minimum absolute atomic E-state index is 0.0442. The third-order valence-electron chi connectivity index (χ3n) is 7.61. The first-order valence-corrected chi connectivity index (χ1v) is 12.7. The van der Waals surface area contributed by atoms with Crippen LogP contribution in [-0.2, 0) is 9.53 Å². The molecule has 5 N–H and O–H groups in total. The highest BCUT2D eigenvalue weighted by Gasteiger charge is 2.65. The number of aliphatic hydroxyl groups excluding tert-OH is 2. The number of rotatable bonds is 2. The fourth-order valence-corrected chi connectivity index (χ4v) is 6.54. The number of fused-ring (bicyclic) bond motifs is 3. The van der Waals surface area contributed by atoms with E-state index in [9.17, 15) is 39.9 Å². The van der Waals surface area contributed by atoms with Crippen molar-refractivity contribution >= 4 is 29.1 Å². The summed E-state index contributed by atoms with van der Waals surface area (Å²) in [5.41, 5.74) is -5.44. The summed E-state index contributed by atoms with van der Waals surface area (Å²) in [6.07, 6.45) is 0.103. The molecule has 6 atom stereocenters. The van der Waals surface area contributed by atoms with Crippen LogP contribution in [0, 0.1) is 0 Å². The Bertz CT molecular complexity index is 1310. The van der Waals surface area contributed by atoms with Gasteiger partial charge in [-0.25, -0.2) is 0 Å². The minimum Gasteiger partial charge on any atom is -0.507 e. The normalized spacial score (nSPS) is 36.1. The zero-order valence-electron chi connectivity index (χ0n) is 19.8. The largest absolute Gasteiger partial charge is 0.507 e. The Balaban J connectivity index is 1.68. The number of Topliss-reactive ketones (excluding diaryl/α,β-unsaturated/α-hetero) is 2. The number of allylic oxidation sites excluding steroid dienone is 2. The zero-order valence-corrected chi connectivity index (χ0v) is 20.6. The number of thioether (sulfide) groups is 1. The maximum absolute atomic E-state index is 13.7. The zero-order chi connectivity index (χ0) is 26.3. The number of carbonyl (C=O) groups is 3. The summed E-state index contributed by atoms with van der Waals surface area (Å²) in [5.74, 6) is -3.06. The van der Waals surface area contributed by atoms with Crippen LogP contribution in [0.1, 0.15) is 59.1 Å². The second-order valence-electron chi connectivity index (χ2n) is 9.81. The summed E-state index contributed by atoms with van der Waals surface area (Å²) in [7, 11) is 0.